The summed E-state index contributed by atoms with van der Waals surface area (Å²) in [7, 11) is 0. The van der Waals surface area contributed by atoms with E-state index in [2.05, 4.69) is 17.2 Å². The Kier molecular flexibility index (Phi) is 5.81. The van der Waals surface area contributed by atoms with Crippen molar-refractivity contribution in [1.29, 1.82) is 0 Å². The first-order valence-corrected chi connectivity index (χ1v) is 8.75. The van der Waals surface area contributed by atoms with Crippen molar-refractivity contribution in [2.24, 2.45) is 0 Å². The summed E-state index contributed by atoms with van der Waals surface area (Å²) in [5.41, 5.74) is 1.56. The number of amides is 2. The number of carbonyl (C=O) groups excluding carboxylic acids is 2. The molecule has 1 aliphatic heterocycles. The molecule has 1 saturated heterocycles. The van der Waals surface area contributed by atoms with Crippen molar-refractivity contribution in [3.05, 3.63) is 78.9 Å². The minimum atomic E-state index is -0.603. The fourth-order valence-electron chi connectivity index (χ4n) is 3.14. The van der Waals surface area contributed by atoms with Gasteiger partial charge in [0.2, 0.25) is 11.8 Å². The molecule has 2 amide bonds. The Balaban J connectivity index is 1.77. The number of hydrogen-bond acceptors (Lipinski definition) is 3. The van der Waals surface area contributed by atoms with Gasteiger partial charge in [0.05, 0.1) is 6.04 Å². The first-order valence-electron chi connectivity index (χ1n) is 8.75. The molecule has 5 heteroatoms. The summed E-state index contributed by atoms with van der Waals surface area (Å²) in [4.78, 5) is 27.2. The van der Waals surface area contributed by atoms with E-state index in [0.717, 1.165) is 11.3 Å². The van der Waals surface area contributed by atoms with E-state index in [-0.39, 0.29) is 17.9 Å². The quantitative estimate of drug-likeness (QED) is 0.756. The summed E-state index contributed by atoms with van der Waals surface area (Å²) in [6.07, 6.45) is 2.39. The van der Waals surface area contributed by atoms with E-state index in [1.807, 2.05) is 60.7 Å². The molecule has 1 aliphatic rings. The molecule has 26 heavy (non-hydrogen) atoms. The van der Waals surface area contributed by atoms with E-state index in [9.17, 15) is 9.59 Å². The molecule has 1 heterocycles. The molecule has 2 N–H and O–H groups in total. The smallest absolute Gasteiger partial charge is 0.246 e. The molecule has 0 bridgehead atoms. The molecule has 0 aliphatic carbocycles. The van der Waals surface area contributed by atoms with Gasteiger partial charge in [-0.3, -0.25) is 14.9 Å². The van der Waals surface area contributed by atoms with Crippen LogP contribution in [0, 0.1) is 0 Å². The monoisotopic (exact) mass is 349 g/mol. The van der Waals surface area contributed by atoms with Crippen molar-refractivity contribution in [3.8, 4) is 0 Å². The van der Waals surface area contributed by atoms with E-state index in [4.69, 9.17) is 0 Å². The lowest BCUT2D eigenvalue weighted by Gasteiger charge is -2.22. The van der Waals surface area contributed by atoms with E-state index < -0.39 is 6.04 Å². The van der Waals surface area contributed by atoms with Gasteiger partial charge in [0.15, 0.2) is 0 Å². The topological polar surface area (TPSA) is 61.4 Å². The molecule has 0 aromatic heterocycles. The Morgan fingerprint density at radius 1 is 1.15 bits per heavy atom. The Bertz CT molecular complexity index is 761. The van der Waals surface area contributed by atoms with Gasteiger partial charge in [0.1, 0.15) is 6.04 Å². The fourth-order valence-corrected chi connectivity index (χ4v) is 3.14. The van der Waals surface area contributed by atoms with Crippen LogP contribution >= 0.6 is 0 Å². The zero-order valence-electron chi connectivity index (χ0n) is 14.6. The van der Waals surface area contributed by atoms with Gasteiger partial charge < -0.3 is 10.2 Å². The lowest BCUT2D eigenvalue weighted by molar-refractivity contribution is -0.129. The predicted molar refractivity (Wildman–Crippen MR) is 103 cm³/mol. The summed E-state index contributed by atoms with van der Waals surface area (Å²) in [5.74, 6) is -0.171. The van der Waals surface area contributed by atoms with Gasteiger partial charge in [0, 0.05) is 18.8 Å². The van der Waals surface area contributed by atoms with Gasteiger partial charge in [-0.1, -0.05) is 54.6 Å². The number of rotatable bonds is 7. The maximum Gasteiger partial charge on any atom is 0.246 e. The molecule has 0 saturated carbocycles. The second kappa shape index (κ2) is 8.45. The van der Waals surface area contributed by atoms with Crippen LogP contribution < -0.4 is 10.6 Å². The van der Waals surface area contributed by atoms with Crippen LogP contribution in [0.4, 0.5) is 5.69 Å². The highest BCUT2D eigenvalue weighted by atomic mass is 16.2. The lowest BCUT2D eigenvalue weighted by atomic mass is 10.0. The highest BCUT2D eigenvalue weighted by Crippen LogP contribution is 2.20. The number of benzene rings is 2. The molecule has 5 nitrogen and oxygen atoms in total. The molecule has 2 aromatic carbocycles. The van der Waals surface area contributed by atoms with E-state index >= 15 is 0 Å². The summed E-state index contributed by atoms with van der Waals surface area (Å²) >= 11 is 0. The van der Waals surface area contributed by atoms with Crippen LogP contribution in [0.25, 0.3) is 0 Å². The minimum Gasteiger partial charge on any atom is -0.338 e. The maximum atomic E-state index is 12.9. The summed E-state index contributed by atoms with van der Waals surface area (Å²) in [5, 5.41) is 6.18. The van der Waals surface area contributed by atoms with E-state index in [1.165, 1.54) is 0 Å². The second-order valence-electron chi connectivity index (χ2n) is 6.28. The summed E-state index contributed by atoms with van der Waals surface area (Å²) < 4.78 is 0. The van der Waals surface area contributed by atoms with Gasteiger partial charge in [-0.25, -0.2) is 0 Å². The molecule has 2 aromatic rings. The molecule has 134 valence electrons. The van der Waals surface area contributed by atoms with Crippen LogP contribution in [0.2, 0.25) is 0 Å². The van der Waals surface area contributed by atoms with Crippen molar-refractivity contribution in [3.63, 3.8) is 0 Å². The first-order chi connectivity index (χ1) is 12.7. The molecule has 0 unspecified atom stereocenters. The molecule has 3 rings (SSSR count). The van der Waals surface area contributed by atoms with Gasteiger partial charge in [-0.05, 0) is 24.1 Å². The van der Waals surface area contributed by atoms with Crippen LogP contribution in [0.15, 0.2) is 73.3 Å². The zero-order valence-corrected chi connectivity index (χ0v) is 14.6. The standard InChI is InChI=1S/C21H23N3O2/c1-2-14-24-15-13-18(21(24)26)23-19(16-9-5-3-6-10-16)20(25)22-17-11-7-4-8-12-17/h2-12,18-19,23H,1,13-15H2,(H,22,25)/t18-,19-/m0/s1. The predicted octanol–water partition coefficient (Wildman–Crippen LogP) is 2.74. The average Bonchev–Trinajstić information content (AvgIpc) is 3.01. The van der Waals surface area contributed by atoms with Crippen molar-refractivity contribution < 1.29 is 9.59 Å². The molecular weight excluding hydrogens is 326 g/mol. The normalized spacial score (nSPS) is 17.8. The third-order valence-corrected chi connectivity index (χ3v) is 4.45. The van der Waals surface area contributed by atoms with Crippen molar-refractivity contribution in [1.82, 2.24) is 10.2 Å². The number of hydrogen-bond donors (Lipinski definition) is 2. The van der Waals surface area contributed by atoms with Gasteiger partial charge in [-0.15, -0.1) is 6.58 Å². The highest BCUT2D eigenvalue weighted by molar-refractivity contribution is 5.96. The Morgan fingerprint density at radius 2 is 1.81 bits per heavy atom. The van der Waals surface area contributed by atoms with Crippen LogP contribution in [-0.4, -0.2) is 35.8 Å². The zero-order chi connectivity index (χ0) is 18.4. The van der Waals surface area contributed by atoms with E-state index in [1.54, 1.807) is 11.0 Å². The van der Waals surface area contributed by atoms with Gasteiger partial charge >= 0.3 is 0 Å². The average molecular weight is 349 g/mol. The first kappa shape index (κ1) is 17.9. The largest absolute Gasteiger partial charge is 0.338 e. The SMILES string of the molecule is C=CCN1CC[C@H](N[C@H](C(=O)Nc2ccccc2)c2ccccc2)C1=O. The summed E-state index contributed by atoms with van der Waals surface area (Å²) in [6.45, 7) is 4.89. The maximum absolute atomic E-state index is 12.9. The lowest BCUT2D eigenvalue weighted by Crippen LogP contribution is -2.44. The molecule has 1 fully saturated rings. The van der Waals surface area contributed by atoms with Crippen LogP contribution in [0.5, 0.6) is 0 Å². The summed E-state index contributed by atoms with van der Waals surface area (Å²) in [6, 6.07) is 17.8. The van der Waals surface area contributed by atoms with Crippen molar-refractivity contribution >= 4 is 17.5 Å². The third kappa shape index (κ3) is 4.18. The number of likely N-dealkylation sites (tertiary alicyclic amines) is 1. The van der Waals surface area contributed by atoms with E-state index in [0.29, 0.717) is 19.5 Å². The molecular formula is C21H23N3O2. The number of anilines is 1. The minimum absolute atomic E-state index is 0.0124. The number of para-hydroxylation sites is 1. The third-order valence-electron chi connectivity index (χ3n) is 4.45. The molecule has 0 radical (unpaired) electrons. The number of carbonyl (C=O) groups is 2. The second-order valence-corrected chi connectivity index (χ2v) is 6.28. The molecule has 2 atom stereocenters. The highest BCUT2D eigenvalue weighted by Gasteiger charge is 2.34. The Morgan fingerprint density at radius 3 is 2.46 bits per heavy atom. The fraction of sp³-hybridized carbons (Fsp3) is 0.238. The van der Waals surface area contributed by atoms with Crippen LogP contribution in [-0.2, 0) is 9.59 Å². The van der Waals surface area contributed by atoms with Crippen molar-refractivity contribution in [2.45, 2.75) is 18.5 Å². The number of nitrogens with one attached hydrogen (secondary N) is 2. The Labute approximate surface area is 153 Å². The molecule has 0 spiro atoms. The van der Waals surface area contributed by atoms with Gasteiger partial charge in [0.25, 0.3) is 0 Å². The Hall–Kier alpha value is -2.92. The van der Waals surface area contributed by atoms with Crippen LogP contribution in [0.3, 0.4) is 0 Å². The van der Waals surface area contributed by atoms with Gasteiger partial charge in [-0.2, -0.15) is 0 Å². The number of nitrogens with zero attached hydrogens (tertiary/aromatic N) is 1. The van der Waals surface area contributed by atoms with Crippen molar-refractivity contribution in [2.75, 3.05) is 18.4 Å². The van der Waals surface area contributed by atoms with Crippen LogP contribution in [0.1, 0.15) is 18.0 Å².